The molecule has 13 nitrogen and oxygen atoms in total. The summed E-state index contributed by atoms with van der Waals surface area (Å²) in [4.78, 5) is 31.7. The minimum absolute atomic E-state index is 0.0488. The zero-order chi connectivity index (χ0) is 37.2. The van der Waals surface area contributed by atoms with Crippen molar-refractivity contribution in [2.75, 3.05) is 39.9 Å². The van der Waals surface area contributed by atoms with Crippen LogP contribution in [0.15, 0.2) is 18.2 Å². The molecule has 7 aliphatic rings. The Kier molecular flexibility index (Phi) is 7.92. The van der Waals surface area contributed by atoms with Crippen LogP contribution in [0.5, 0.6) is 34.5 Å². The van der Waals surface area contributed by atoms with Crippen molar-refractivity contribution < 1.29 is 48.6 Å². The van der Waals surface area contributed by atoms with Gasteiger partial charge in [-0.1, -0.05) is 6.07 Å². The van der Waals surface area contributed by atoms with Crippen LogP contribution in [0.3, 0.4) is 0 Å². The van der Waals surface area contributed by atoms with Crippen LogP contribution in [-0.4, -0.2) is 95.2 Å². The van der Waals surface area contributed by atoms with Gasteiger partial charge in [-0.25, -0.2) is 4.79 Å². The summed E-state index contributed by atoms with van der Waals surface area (Å²) in [6.07, 6.45) is 0.0521. The molecule has 14 heteroatoms. The summed E-state index contributed by atoms with van der Waals surface area (Å²) < 4.78 is 30.4. The van der Waals surface area contributed by atoms with Gasteiger partial charge in [0.25, 0.3) is 0 Å². The second-order valence-electron chi connectivity index (χ2n) is 15.0. The van der Waals surface area contributed by atoms with Gasteiger partial charge in [0.05, 0.1) is 30.5 Å². The predicted octanol–water partition coefficient (Wildman–Crippen LogP) is 3.71. The number of aliphatic hydroxyl groups is 1. The first-order valence-electron chi connectivity index (χ1n) is 18.0. The van der Waals surface area contributed by atoms with Crippen molar-refractivity contribution in [1.82, 2.24) is 15.1 Å². The first kappa shape index (κ1) is 34.6. The number of methoxy groups -OCH3 is 1. The summed E-state index contributed by atoms with van der Waals surface area (Å²) in [5.41, 5.74) is 5.34. The summed E-state index contributed by atoms with van der Waals surface area (Å²) in [6.45, 7) is 7.17. The summed E-state index contributed by atoms with van der Waals surface area (Å²) in [5.74, 6) is 1.09. The van der Waals surface area contributed by atoms with Gasteiger partial charge in [-0.15, -0.1) is 11.8 Å². The van der Waals surface area contributed by atoms with Crippen molar-refractivity contribution in [3.63, 3.8) is 0 Å². The largest absolute Gasteiger partial charge is 0.508 e. The molecule has 0 amide bonds. The van der Waals surface area contributed by atoms with E-state index < -0.39 is 47.1 Å². The molecule has 3 aromatic carbocycles. The highest BCUT2D eigenvalue weighted by atomic mass is 32.2. The number of nitrogens with zero attached hydrogens (tertiary/aromatic N) is 2. The van der Waals surface area contributed by atoms with Crippen LogP contribution in [-0.2, 0) is 32.7 Å². The molecule has 280 valence electrons. The molecule has 7 atom stereocenters. The number of hydrogen-bond donors (Lipinski definition) is 4. The van der Waals surface area contributed by atoms with Crippen molar-refractivity contribution in [2.24, 2.45) is 0 Å². The van der Waals surface area contributed by atoms with Crippen molar-refractivity contribution >= 4 is 23.7 Å². The first-order chi connectivity index (χ1) is 25.4. The lowest BCUT2D eigenvalue weighted by Crippen LogP contribution is -2.70. The molecular weight excluding hydrogens is 703 g/mol. The van der Waals surface area contributed by atoms with Crippen LogP contribution < -0.4 is 24.3 Å². The third-order valence-electron chi connectivity index (χ3n) is 12.3. The normalized spacial score (nSPS) is 29.8. The van der Waals surface area contributed by atoms with Crippen LogP contribution in [0.1, 0.15) is 74.3 Å². The van der Waals surface area contributed by atoms with Gasteiger partial charge in [0.1, 0.15) is 24.3 Å². The first-order valence-corrected chi connectivity index (χ1v) is 19.0. The van der Waals surface area contributed by atoms with Gasteiger partial charge in [0, 0.05) is 47.5 Å². The fourth-order valence-electron chi connectivity index (χ4n) is 9.96. The molecule has 3 aromatic rings. The van der Waals surface area contributed by atoms with E-state index in [0.29, 0.717) is 70.2 Å². The number of thioether (sulfide) groups is 1. The van der Waals surface area contributed by atoms with E-state index in [0.717, 1.165) is 22.3 Å². The van der Waals surface area contributed by atoms with Crippen molar-refractivity contribution in [3.8, 4) is 34.5 Å². The minimum atomic E-state index is -1.28. The molecule has 0 aliphatic carbocycles. The highest BCUT2D eigenvalue weighted by Gasteiger charge is 2.61. The molecule has 0 aromatic heterocycles. The summed E-state index contributed by atoms with van der Waals surface area (Å²) in [7, 11) is 3.51. The van der Waals surface area contributed by atoms with Crippen LogP contribution in [0.25, 0.3) is 0 Å². The van der Waals surface area contributed by atoms with Crippen LogP contribution in [0.2, 0.25) is 0 Å². The summed E-state index contributed by atoms with van der Waals surface area (Å²) >= 11 is 1.50. The Hall–Kier alpha value is -4.21. The SMILES string of the molecule is COc1c(C)cc2c(c1O)[C@@H]1[C@@H]3[C@@H]4SC[C@]5(NCCc6cc(O)c(C)cc65)C(=O)OC[C@H](c5c6c(c(C)c(OC(C)=O)c54)OCO6)N3[C@@H](O)[C@H](C2)N1C. The van der Waals surface area contributed by atoms with Crippen LogP contribution >= 0.6 is 11.8 Å². The number of phenols is 2. The van der Waals surface area contributed by atoms with Crippen LogP contribution in [0, 0.1) is 20.8 Å². The molecule has 0 radical (unpaired) electrons. The van der Waals surface area contributed by atoms with E-state index in [2.05, 4.69) is 10.2 Å². The topological polar surface area (TPSA) is 159 Å². The number of rotatable bonds is 2. The molecule has 1 spiro atoms. The second kappa shape index (κ2) is 12.2. The number of aromatic hydroxyl groups is 2. The number of likely N-dealkylation sites (N-methyl/N-ethyl adjacent to an activating group) is 1. The van der Waals surface area contributed by atoms with E-state index in [9.17, 15) is 24.9 Å². The standard InChI is InChI=1S/C39H43N3O10S/c1-16-10-22-20(12-25(16)44)7-8-40-39(22)14-53-36-28-27(35-34(50-15-51-35)18(3)33(28)52-19(4)43)24(13-49-38(39)47)42-30(36)29-26-21(11-23(37(42)46)41(29)5)9-17(2)32(48-6)31(26)45/h9-10,12,23-24,29-30,36-37,40,44-46H,7-8,11,13-15H2,1-6H3/t23-,24+,29+,30+,36+,37-,39+/m0/s1. The van der Waals surface area contributed by atoms with Gasteiger partial charge in [-0.05, 0) is 80.6 Å². The van der Waals surface area contributed by atoms with E-state index in [1.54, 1.807) is 13.2 Å². The number of ether oxygens (including phenoxy) is 5. The molecule has 0 unspecified atom stereocenters. The third kappa shape index (κ3) is 4.71. The highest BCUT2D eigenvalue weighted by Crippen LogP contribution is 2.64. The molecule has 4 bridgehead atoms. The predicted molar refractivity (Wildman–Crippen MR) is 193 cm³/mol. The van der Waals surface area contributed by atoms with Crippen molar-refractivity contribution in [3.05, 3.63) is 68.3 Å². The number of esters is 2. The highest BCUT2D eigenvalue weighted by molar-refractivity contribution is 7.99. The number of fused-ring (bicyclic) bond motifs is 9. The number of phenolic OH excluding ortho intramolecular Hbond substituents is 2. The quantitative estimate of drug-likeness (QED) is 0.222. The maximum absolute atomic E-state index is 14.6. The van der Waals surface area contributed by atoms with Gasteiger partial charge < -0.3 is 39.0 Å². The fraction of sp³-hybridized carbons (Fsp3) is 0.487. The number of nitrogens with one attached hydrogen (secondary N) is 1. The Labute approximate surface area is 311 Å². The number of benzene rings is 3. The van der Waals surface area contributed by atoms with E-state index >= 15 is 0 Å². The smallest absolute Gasteiger partial charge is 0.331 e. The van der Waals surface area contributed by atoms with E-state index in [4.69, 9.17) is 23.7 Å². The Morgan fingerprint density at radius 2 is 1.79 bits per heavy atom. The van der Waals surface area contributed by atoms with E-state index in [1.807, 2.05) is 44.9 Å². The number of carbonyl (C=O) groups excluding carboxylic acids is 2. The molecular formula is C39H43N3O10S. The maximum Gasteiger partial charge on any atom is 0.331 e. The van der Waals surface area contributed by atoms with Gasteiger partial charge in [-0.2, -0.15) is 0 Å². The molecule has 2 saturated heterocycles. The Bertz CT molecular complexity index is 2110. The fourth-order valence-corrected chi connectivity index (χ4v) is 11.7. The Balaban J connectivity index is 1.32. The van der Waals surface area contributed by atoms with E-state index in [-0.39, 0.29) is 36.7 Å². The number of carbonyl (C=O) groups is 2. The zero-order valence-electron chi connectivity index (χ0n) is 30.4. The summed E-state index contributed by atoms with van der Waals surface area (Å²) in [6, 6.07) is 3.49. The summed E-state index contributed by atoms with van der Waals surface area (Å²) in [5, 5.41) is 38.2. The number of aliphatic hydroxyl groups excluding tert-OH is 1. The van der Waals surface area contributed by atoms with Gasteiger partial charge in [0.2, 0.25) is 6.79 Å². The molecule has 0 saturated carbocycles. The Morgan fingerprint density at radius 1 is 1.02 bits per heavy atom. The lowest BCUT2D eigenvalue weighted by atomic mass is 9.73. The molecule has 2 fully saturated rings. The molecule has 7 heterocycles. The van der Waals surface area contributed by atoms with Crippen LogP contribution in [0.4, 0.5) is 0 Å². The monoisotopic (exact) mass is 745 g/mol. The van der Waals surface area contributed by atoms with Gasteiger partial charge in [0.15, 0.2) is 28.5 Å². The van der Waals surface area contributed by atoms with Gasteiger partial charge in [-0.3, -0.25) is 19.9 Å². The number of hydrogen-bond acceptors (Lipinski definition) is 14. The average Bonchev–Trinajstić information content (AvgIpc) is 3.61. The Morgan fingerprint density at radius 3 is 2.55 bits per heavy atom. The average molecular weight is 746 g/mol. The van der Waals surface area contributed by atoms with Crippen molar-refractivity contribution in [2.45, 2.75) is 81.7 Å². The number of piperazine rings is 1. The minimum Gasteiger partial charge on any atom is -0.508 e. The van der Waals surface area contributed by atoms with E-state index in [1.165, 1.54) is 18.7 Å². The zero-order valence-corrected chi connectivity index (χ0v) is 31.3. The lowest BCUT2D eigenvalue weighted by molar-refractivity contribution is -0.186. The second-order valence-corrected chi connectivity index (χ2v) is 16.2. The molecule has 7 aliphatic heterocycles. The third-order valence-corrected chi connectivity index (χ3v) is 13.8. The number of aryl methyl sites for hydroxylation is 2. The molecule has 4 N–H and O–H groups in total. The molecule has 10 rings (SSSR count). The lowest BCUT2D eigenvalue weighted by Gasteiger charge is -2.62. The molecule has 53 heavy (non-hydrogen) atoms. The maximum atomic E-state index is 14.6. The van der Waals surface area contributed by atoms with Gasteiger partial charge >= 0.3 is 11.9 Å². The van der Waals surface area contributed by atoms with Crippen molar-refractivity contribution in [1.29, 1.82) is 0 Å².